The molecule has 1 heterocycles. The largest absolute Gasteiger partial charge is 0.460 e. The van der Waals surface area contributed by atoms with Crippen LogP contribution in [0.2, 0.25) is 0 Å². The van der Waals surface area contributed by atoms with Crippen molar-refractivity contribution in [1.82, 2.24) is 0 Å². The van der Waals surface area contributed by atoms with Crippen LogP contribution in [0, 0.1) is 17.2 Å². The Morgan fingerprint density at radius 3 is 2.31 bits per heavy atom. The van der Waals surface area contributed by atoms with Crippen molar-refractivity contribution in [3.05, 3.63) is 42.5 Å². The molecule has 0 saturated heterocycles. The minimum Gasteiger partial charge on any atom is -0.460 e. The maximum atomic E-state index is 12.5. The van der Waals surface area contributed by atoms with Crippen molar-refractivity contribution < 1.29 is 23.9 Å². The molecular formula is C27H34N6O5S. The molecule has 39 heavy (non-hydrogen) atoms. The number of carbonyl (C=O) groups is 3. The number of carbonyl (C=O) groups excluding carboxylic acids is 3. The quantitative estimate of drug-likeness (QED) is 0.144. The number of rotatable bonds is 14. The zero-order chi connectivity index (χ0) is 28.9. The summed E-state index contributed by atoms with van der Waals surface area (Å²) in [5, 5.41) is 20.5. The summed E-state index contributed by atoms with van der Waals surface area (Å²) in [7, 11) is 0. The summed E-state index contributed by atoms with van der Waals surface area (Å²) in [5.41, 5.74) is 2.76. The Morgan fingerprint density at radius 1 is 1.15 bits per heavy atom. The third-order valence-electron chi connectivity index (χ3n) is 5.44. The minimum atomic E-state index is -0.508. The van der Waals surface area contributed by atoms with Gasteiger partial charge < -0.3 is 19.7 Å². The molecule has 1 amide bonds. The monoisotopic (exact) mass is 554 g/mol. The van der Waals surface area contributed by atoms with E-state index in [2.05, 4.69) is 39.2 Å². The van der Waals surface area contributed by atoms with E-state index in [0.717, 1.165) is 0 Å². The van der Waals surface area contributed by atoms with E-state index in [1.54, 1.807) is 39.0 Å². The highest BCUT2D eigenvalue weighted by Crippen LogP contribution is 2.35. The van der Waals surface area contributed by atoms with Crippen LogP contribution in [0.25, 0.3) is 0 Å². The van der Waals surface area contributed by atoms with Crippen molar-refractivity contribution in [2.45, 2.75) is 45.9 Å². The number of benzene rings is 1. The van der Waals surface area contributed by atoms with Gasteiger partial charge in [0.25, 0.3) is 0 Å². The molecule has 12 heteroatoms. The first-order valence-electron chi connectivity index (χ1n) is 12.4. The van der Waals surface area contributed by atoms with Gasteiger partial charge in [0, 0.05) is 40.9 Å². The summed E-state index contributed by atoms with van der Waals surface area (Å²) in [5.74, 6) is -1.68. The second-order valence-corrected chi connectivity index (χ2v) is 9.75. The van der Waals surface area contributed by atoms with Crippen molar-refractivity contribution in [3.8, 4) is 6.07 Å². The van der Waals surface area contributed by atoms with Crippen LogP contribution >= 0.6 is 11.9 Å². The summed E-state index contributed by atoms with van der Waals surface area (Å²) >= 11 is 1.18. The second-order valence-electron chi connectivity index (χ2n) is 8.87. The highest BCUT2D eigenvalue weighted by molar-refractivity contribution is 7.99. The van der Waals surface area contributed by atoms with Crippen LogP contribution in [0.3, 0.4) is 0 Å². The Bertz CT molecular complexity index is 1170. The van der Waals surface area contributed by atoms with E-state index in [9.17, 15) is 19.6 Å². The molecule has 1 aliphatic heterocycles. The summed E-state index contributed by atoms with van der Waals surface area (Å²) in [6.07, 6.45) is 0.982. The van der Waals surface area contributed by atoms with Gasteiger partial charge in [0.1, 0.15) is 24.8 Å². The third-order valence-corrected chi connectivity index (χ3v) is 6.42. The molecule has 208 valence electrons. The Morgan fingerprint density at radius 2 is 1.77 bits per heavy atom. The number of ether oxygens (including phenoxy) is 2. The smallest absolute Gasteiger partial charge is 0.333 e. The van der Waals surface area contributed by atoms with Crippen molar-refractivity contribution in [2.75, 3.05) is 36.5 Å². The number of esters is 2. The maximum absolute atomic E-state index is 12.5. The Labute approximate surface area is 233 Å². The molecule has 0 aliphatic carbocycles. The molecule has 1 N–H and O–H groups in total. The lowest BCUT2D eigenvalue weighted by atomic mass is 10.1. The van der Waals surface area contributed by atoms with Crippen molar-refractivity contribution in [1.29, 1.82) is 5.26 Å². The van der Waals surface area contributed by atoms with E-state index in [1.165, 1.54) is 11.9 Å². The summed E-state index contributed by atoms with van der Waals surface area (Å²) in [6.45, 7) is 14.7. The molecule has 0 spiro atoms. The van der Waals surface area contributed by atoms with Gasteiger partial charge in [-0.15, -0.1) is 0 Å². The first-order chi connectivity index (χ1) is 18.6. The van der Waals surface area contributed by atoms with E-state index in [0.29, 0.717) is 35.6 Å². The number of hydrogen-bond donors (Lipinski definition) is 1. The third kappa shape index (κ3) is 9.68. The minimum absolute atomic E-state index is 0.0624. The van der Waals surface area contributed by atoms with Crippen LogP contribution in [0.4, 0.5) is 17.1 Å². The van der Waals surface area contributed by atoms with Gasteiger partial charge in [0.15, 0.2) is 5.37 Å². The molecule has 0 bridgehead atoms. The van der Waals surface area contributed by atoms with E-state index in [4.69, 9.17) is 9.47 Å². The molecule has 0 saturated carbocycles. The van der Waals surface area contributed by atoms with Gasteiger partial charge in [0.05, 0.1) is 24.8 Å². The van der Waals surface area contributed by atoms with Gasteiger partial charge in [-0.1, -0.05) is 20.1 Å². The second kappa shape index (κ2) is 15.4. The number of azo groups is 1. The number of hydrogen-bond acceptors (Lipinski definition) is 11. The topological polar surface area (TPSA) is 146 Å². The predicted molar refractivity (Wildman–Crippen MR) is 152 cm³/mol. The van der Waals surface area contributed by atoms with Crippen molar-refractivity contribution in [2.24, 2.45) is 20.5 Å². The molecule has 1 aromatic carbocycles. The van der Waals surface area contributed by atoms with Gasteiger partial charge in [-0.25, -0.2) is 14.0 Å². The van der Waals surface area contributed by atoms with Crippen LogP contribution in [0.15, 0.2) is 57.1 Å². The van der Waals surface area contributed by atoms with E-state index >= 15 is 0 Å². The normalized spacial score (nSPS) is 16.2. The molecule has 2 unspecified atom stereocenters. The molecular weight excluding hydrogens is 520 g/mol. The highest BCUT2D eigenvalue weighted by Gasteiger charge is 2.30. The van der Waals surface area contributed by atoms with Gasteiger partial charge in [0.2, 0.25) is 5.91 Å². The molecule has 2 atom stereocenters. The van der Waals surface area contributed by atoms with Crippen LogP contribution in [-0.4, -0.2) is 55.2 Å². The number of anilines is 2. The molecule has 2 rings (SSSR count). The first kappa shape index (κ1) is 31.2. The van der Waals surface area contributed by atoms with Gasteiger partial charge in [-0.2, -0.15) is 15.5 Å². The molecule has 1 aliphatic rings. The Hall–Kier alpha value is -3.98. The number of nitriles is 1. The fourth-order valence-corrected chi connectivity index (χ4v) is 4.14. The number of nitrogens with one attached hydrogen (secondary N) is 1. The van der Waals surface area contributed by atoms with Gasteiger partial charge in [-0.3, -0.25) is 4.79 Å². The Balaban J connectivity index is 2.32. The van der Waals surface area contributed by atoms with E-state index in [-0.39, 0.29) is 43.4 Å². The Kier molecular flexibility index (Phi) is 12.4. The summed E-state index contributed by atoms with van der Waals surface area (Å²) < 4.78 is 14.7. The molecule has 0 aromatic heterocycles. The van der Waals surface area contributed by atoms with Gasteiger partial charge in [-0.05, 0) is 45.4 Å². The summed E-state index contributed by atoms with van der Waals surface area (Å²) in [4.78, 5) is 38.0. The zero-order valence-electron chi connectivity index (χ0n) is 22.7. The van der Waals surface area contributed by atoms with Crippen LogP contribution in [0.1, 0.15) is 40.5 Å². The van der Waals surface area contributed by atoms with Crippen LogP contribution in [-0.2, 0) is 23.9 Å². The fourth-order valence-electron chi connectivity index (χ4n) is 3.29. The lowest BCUT2D eigenvalue weighted by molar-refractivity contribution is -0.139. The van der Waals surface area contributed by atoms with Gasteiger partial charge >= 0.3 is 11.9 Å². The van der Waals surface area contributed by atoms with Crippen LogP contribution in [0.5, 0.6) is 0 Å². The van der Waals surface area contributed by atoms with Crippen molar-refractivity contribution in [3.63, 3.8) is 0 Å². The highest BCUT2D eigenvalue weighted by atomic mass is 32.2. The fraction of sp³-hybridized carbons (Fsp3) is 0.444. The predicted octanol–water partition coefficient (Wildman–Crippen LogP) is 5.14. The average Bonchev–Trinajstić information content (AvgIpc) is 3.25. The molecule has 0 radical (unpaired) electrons. The van der Waals surface area contributed by atoms with E-state index < -0.39 is 23.2 Å². The SMILES string of the molecule is C=C(C)C(=O)OCCN(CCOC(=O)C(=C)C)c1ccc(/N=N/C2SN=C(C)C2C#N)c(NC(=O)CCC)c1. The van der Waals surface area contributed by atoms with E-state index in [1.807, 2.05) is 11.8 Å². The molecule has 11 nitrogen and oxygen atoms in total. The maximum Gasteiger partial charge on any atom is 0.333 e. The standard InChI is InChI=1S/C27H34N6O5S/c1-7-8-24(34)29-23-15-20(9-10-22(23)30-31-25-21(16-28)19(6)32-39-25)33(11-13-37-26(35)17(2)3)12-14-38-27(36)18(4)5/h9-10,15,21,25H,2,4,7-8,11-14H2,1,3,5-6H3,(H,29,34)/b31-30+. The number of nitrogens with zero attached hydrogens (tertiary/aromatic N) is 5. The number of amides is 1. The lowest BCUT2D eigenvalue weighted by Crippen LogP contribution is -2.32. The molecule has 0 fully saturated rings. The molecule has 1 aromatic rings. The average molecular weight is 555 g/mol. The summed E-state index contributed by atoms with van der Waals surface area (Å²) in [6, 6.07) is 7.39. The lowest BCUT2D eigenvalue weighted by Gasteiger charge is -2.25. The zero-order valence-corrected chi connectivity index (χ0v) is 23.5. The van der Waals surface area contributed by atoms with Crippen molar-refractivity contribution >= 4 is 52.6 Å². The van der Waals surface area contributed by atoms with Crippen LogP contribution < -0.4 is 10.2 Å². The first-order valence-corrected chi connectivity index (χ1v) is 13.3.